The van der Waals surface area contributed by atoms with Crippen molar-refractivity contribution in [2.45, 2.75) is 25.3 Å². The topological polar surface area (TPSA) is 59.0 Å². The zero-order valence-corrected chi connectivity index (χ0v) is 6.60. The molecule has 0 aliphatic carbocycles. The predicted molar refractivity (Wildman–Crippen MR) is 38.2 cm³/mol. The first-order valence-electron chi connectivity index (χ1n) is 4.01. The largest absolute Gasteiger partial charge is 0.480 e. The second-order valence-corrected chi connectivity index (χ2v) is 2.99. The fourth-order valence-corrected chi connectivity index (χ4v) is 1.63. The van der Waals surface area contributed by atoms with E-state index in [1.165, 1.54) is 0 Å². The average molecular weight is 173 g/mol. The molecule has 2 aliphatic heterocycles. The molecule has 1 atom stereocenters. The summed E-state index contributed by atoms with van der Waals surface area (Å²) in [5, 5.41) is 8.80. The van der Waals surface area contributed by atoms with Gasteiger partial charge in [-0.3, -0.25) is 4.79 Å². The molecule has 5 nitrogen and oxygen atoms in total. The number of rotatable bonds is 2. The fourth-order valence-electron chi connectivity index (χ4n) is 1.63. The van der Waals surface area contributed by atoms with Crippen LogP contribution in [0.5, 0.6) is 0 Å². The predicted octanol–water partition coefficient (Wildman–Crippen LogP) is -0.177. The molecule has 2 aliphatic rings. The molecule has 5 heteroatoms. The van der Waals surface area contributed by atoms with E-state index < -0.39 is 18.4 Å². The number of likely N-dealkylation sites (tertiary alicyclic amines) is 1. The van der Waals surface area contributed by atoms with Gasteiger partial charge in [-0.1, -0.05) is 0 Å². The van der Waals surface area contributed by atoms with Crippen molar-refractivity contribution in [3.63, 3.8) is 0 Å². The molecule has 0 bridgehead atoms. The van der Waals surface area contributed by atoms with Gasteiger partial charge in [-0.05, 0) is 12.8 Å². The van der Waals surface area contributed by atoms with Crippen LogP contribution in [0.4, 0.5) is 0 Å². The number of hydrogen-bond acceptors (Lipinski definition) is 4. The number of ether oxygens (including phenoxy) is 2. The van der Waals surface area contributed by atoms with Gasteiger partial charge >= 0.3 is 5.97 Å². The summed E-state index contributed by atoms with van der Waals surface area (Å²) >= 11 is 0. The van der Waals surface area contributed by atoms with Gasteiger partial charge in [-0.2, -0.15) is 0 Å². The molecular weight excluding hydrogens is 162 g/mol. The highest BCUT2D eigenvalue weighted by molar-refractivity contribution is 5.73. The SMILES string of the molecule is O=C(O)[C@@H]1CCCN1C1OCO1. The Bertz CT molecular complexity index is 192. The fraction of sp³-hybridized carbons (Fsp3) is 0.857. The number of carboxylic acid groups (broad SMARTS) is 1. The first-order valence-corrected chi connectivity index (χ1v) is 4.01. The lowest BCUT2D eigenvalue weighted by molar-refractivity contribution is -0.376. The van der Waals surface area contributed by atoms with E-state index in [1.807, 2.05) is 0 Å². The minimum atomic E-state index is -0.786. The van der Waals surface area contributed by atoms with Crippen LogP contribution in [0.15, 0.2) is 0 Å². The third kappa shape index (κ3) is 1.20. The number of hydrogen-bond donors (Lipinski definition) is 1. The second kappa shape index (κ2) is 3.01. The summed E-state index contributed by atoms with van der Waals surface area (Å²) in [4.78, 5) is 12.4. The average Bonchev–Trinajstić information content (AvgIpc) is 2.31. The van der Waals surface area contributed by atoms with E-state index in [0.29, 0.717) is 6.42 Å². The van der Waals surface area contributed by atoms with Crippen molar-refractivity contribution in [2.75, 3.05) is 13.3 Å². The molecule has 1 N–H and O–H groups in total. The van der Waals surface area contributed by atoms with E-state index in [-0.39, 0.29) is 6.79 Å². The van der Waals surface area contributed by atoms with Crippen molar-refractivity contribution in [2.24, 2.45) is 0 Å². The molecule has 0 spiro atoms. The smallest absolute Gasteiger partial charge is 0.321 e. The minimum Gasteiger partial charge on any atom is -0.480 e. The van der Waals surface area contributed by atoms with Gasteiger partial charge in [0.2, 0.25) is 6.41 Å². The highest BCUT2D eigenvalue weighted by Crippen LogP contribution is 2.24. The van der Waals surface area contributed by atoms with Crippen molar-refractivity contribution in [1.82, 2.24) is 4.90 Å². The summed E-state index contributed by atoms with van der Waals surface area (Å²) in [5.41, 5.74) is 0. The van der Waals surface area contributed by atoms with Crippen LogP contribution in [0.2, 0.25) is 0 Å². The molecule has 68 valence electrons. The third-order valence-corrected chi connectivity index (χ3v) is 2.27. The van der Waals surface area contributed by atoms with Gasteiger partial charge in [0.15, 0.2) is 6.79 Å². The third-order valence-electron chi connectivity index (χ3n) is 2.27. The summed E-state index contributed by atoms with van der Waals surface area (Å²) in [6.45, 7) is 1.04. The highest BCUT2D eigenvalue weighted by Gasteiger charge is 2.39. The van der Waals surface area contributed by atoms with Gasteiger partial charge in [0, 0.05) is 6.54 Å². The molecule has 0 unspecified atom stereocenters. The lowest BCUT2D eigenvalue weighted by Crippen LogP contribution is -2.51. The summed E-state index contributed by atoms with van der Waals surface area (Å²) in [6, 6.07) is -0.421. The summed E-state index contributed by atoms with van der Waals surface area (Å²) in [5.74, 6) is -0.786. The van der Waals surface area contributed by atoms with Crippen LogP contribution >= 0.6 is 0 Å². The lowest BCUT2D eigenvalue weighted by Gasteiger charge is -2.36. The van der Waals surface area contributed by atoms with Crippen molar-refractivity contribution >= 4 is 5.97 Å². The van der Waals surface area contributed by atoms with Crippen LogP contribution in [0.3, 0.4) is 0 Å². The monoisotopic (exact) mass is 173 g/mol. The van der Waals surface area contributed by atoms with E-state index in [1.54, 1.807) is 4.90 Å². The summed E-state index contributed by atoms with van der Waals surface area (Å²) in [7, 11) is 0. The van der Waals surface area contributed by atoms with E-state index in [2.05, 4.69) is 0 Å². The summed E-state index contributed by atoms with van der Waals surface area (Å²) in [6.07, 6.45) is 1.19. The van der Waals surface area contributed by atoms with Gasteiger partial charge in [0.25, 0.3) is 0 Å². The standard InChI is InChI=1S/C7H11NO4/c9-6(10)5-2-1-3-8(5)7-11-4-12-7/h5,7H,1-4H2,(H,9,10)/t5-/m0/s1. The number of aliphatic carboxylic acids is 1. The number of nitrogens with zero attached hydrogens (tertiary/aromatic N) is 1. The molecular formula is C7H11NO4. The normalized spacial score (nSPS) is 31.8. The van der Waals surface area contributed by atoms with E-state index in [4.69, 9.17) is 14.6 Å². The first-order chi connectivity index (χ1) is 5.79. The van der Waals surface area contributed by atoms with Crippen LogP contribution in [0.1, 0.15) is 12.8 Å². The van der Waals surface area contributed by atoms with Crippen molar-refractivity contribution in [3.05, 3.63) is 0 Å². The van der Waals surface area contributed by atoms with Crippen LogP contribution in [0, 0.1) is 0 Å². The maximum atomic E-state index is 10.7. The Morgan fingerprint density at radius 1 is 1.50 bits per heavy atom. The molecule has 2 heterocycles. The van der Waals surface area contributed by atoms with E-state index in [9.17, 15) is 4.79 Å². The van der Waals surface area contributed by atoms with Crippen LogP contribution in [-0.2, 0) is 14.3 Å². The van der Waals surface area contributed by atoms with Gasteiger partial charge in [0.1, 0.15) is 6.04 Å². The molecule has 2 fully saturated rings. The van der Waals surface area contributed by atoms with Crippen LogP contribution in [-0.4, -0.2) is 41.8 Å². The van der Waals surface area contributed by atoms with Gasteiger partial charge in [-0.25, -0.2) is 4.90 Å². The first kappa shape index (κ1) is 7.97. The molecule has 2 rings (SSSR count). The minimum absolute atomic E-state index is 0.285. The Kier molecular flexibility index (Phi) is 2.00. The molecule has 12 heavy (non-hydrogen) atoms. The Morgan fingerprint density at radius 2 is 2.25 bits per heavy atom. The molecule has 0 radical (unpaired) electrons. The second-order valence-electron chi connectivity index (χ2n) is 2.99. The van der Waals surface area contributed by atoms with E-state index in [0.717, 1.165) is 13.0 Å². The molecule has 2 saturated heterocycles. The zero-order chi connectivity index (χ0) is 8.55. The van der Waals surface area contributed by atoms with Crippen LogP contribution < -0.4 is 0 Å². The number of carboxylic acids is 1. The summed E-state index contributed by atoms with van der Waals surface area (Å²) < 4.78 is 10.1. The Balaban J connectivity index is 1.98. The maximum Gasteiger partial charge on any atom is 0.321 e. The van der Waals surface area contributed by atoms with Crippen molar-refractivity contribution in [1.29, 1.82) is 0 Å². The Hall–Kier alpha value is -0.650. The molecule has 0 saturated carbocycles. The molecule has 0 amide bonds. The van der Waals surface area contributed by atoms with Crippen molar-refractivity contribution in [3.8, 4) is 0 Å². The lowest BCUT2D eigenvalue weighted by atomic mass is 10.2. The quantitative estimate of drug-likeness (QED) is 0.627. The van der Waals surface area contributed by atoms with Gasteiger partial charge < -0.3 is 14.6 Å². The van der Waals surface area contributed by atoms with Crippen LogP contribution in [0.25, 0.3) is 0 Å². The van der Waals surface area contributed by atoms with Crippen molar-refractivity contribution < 1.29 is 19.4 Å². The maximum absolute atomic E-state index is 10.7. The number of carbonyl (C=O) groups is 1. The van der Waals surface area contributed by atoms with Gasteiger partial charge in [-0.15, -0.1) is 0 Å². The molecule has 0 aromatic rings. The molecule has 0 aromatic carbocycles. The Morgan fingerprint density at radius 3 is 2.75 bits per heavy atom. The van der Waals surface area contributed by atoms with Gasteiger partial charge in [0.05, 0.1) is 0 Å². The molecule has 0 aromatic heterocycles. The zero-order valence-electron chi connectivity index (χ0n) is 6.60. The van der Waals surface area contributed by atoms with E-state index >= 15 is 0 Å². The Labute approximate surface area is 69.9 Å². The highest BCUT2D eigenvalue weighted by atomic mass is 16.9.